The molecule has 0 saturated carbocycles. The molecule has 1 saturated heterocycles. The van der Waals surface area contributed by atoms with Crippen LogP contribution in [0.3, 0.4) is 0 Å². The first kappa shape index (κ1) is 14.9. The van der Waals surface area contributed by atoms with Crippen molar-refractivity contribution in [3.63, 3.8) is 0 Å². The second-order valence-corrected chi connectivity index (χ2v) is 7.19. The van der Waals surface area contributed by atoms with Crippen LogP contribution in [0, 0.1) is 0 Å². The van der Waals surface area contributed by atoms with Crippen molar-refractivity contribution in [1.82, 2.24) is 5.32 Å². The summed E-state index contributed by atoms with van der Waals surface area (Å²) in [6, 6.07) is 13.6. The molecule has 1 fully saturated rings. The lowest BCUT2D eigenvalue weighted by Crippen LogP contribution is -2.43. The lowest BCUT2D eigenvalue weighted by atomic mass is 10.2. The maximum atomic E-state index is 12.6. The molecule has 2 aromatic carbocycles. The Kier molecular flexibility index (Phi) is 4.04. The van der Waals surface area contributed by atoms with Crippen molar-refractivity contribution in [2.75, 3.05) is 36.8 Å². The molecular formula is C16H19N3O2S. The van der Waals surface area contributed by atoms with Crippen LogP contribution in [-0.4, -0.2) is 34.6 Å². The molecule has 3 rings (SSSR count). The highest BCUT2D eigenvalue weighted by molar-refractivity contribution is 7.91. The molecule has 3 N–H and O–H groups in total. The minimum Gasteiger partial charge on any atom is -0.398 e. The highest BCUT2D eigenvalue weighted by atomic mass is 32.2. The monoisotopic (exact) mass is 317 g/mol. The summed E-state index contributed by atoms with van der Waals surface area (Å²) in [6.07, 6.45) is 0. The summed E-state index contributed by atoms with van der Waals surface area (Å²) in [5.41, 5.74) is 7.29. The van der Waals surface area contributed by atoms with Gasteiger partial charge in [-0.15, -0.1) is 0 Å². The molecule has 6 heteroatoms. The van der Waals surface area contributed by atoms with Gasteiger partial charge in [0.15, 0.2) is 0 Å². The maximum Gasteiger partial charge on any atom is 0.208 e. The van der Waals surface area contributed by atoms with Gasteiger partial charge in [0.25, 0.3) is 0 Å². The summed E-state index contributed by atoms with van der Waals surface area (Å²) < 4.78 is 25.3. The molecule has 5 nitrogen and oxygen atoms in total. The third-order valence-electron chi connectivity index (χ3n) is 3.82. The van der Waals surface area contributed by atoms with Gasteiger partial charge < -0.3 is 16.0 Å². The number of piperazine rings is 1. The van der Waals surface area contributed by atoms with E-state index in [-0.39, 0.29) is 9.79 Å². The molecular weight excluding hydrogens is 298 g/mol. The molecule has 0 aliphatic carbocycles. The molecule has 1 aliphatic rings. The Bertz CT molecular complexity index is 754. The summed E-state index contributed by atoms with van der Waals surface area (Å²) in [7, 11) is -3.57. The SMILES string of the molecule is Nc1cc(N2CCNCC2)ccc1S(=O)(=O)c1ccccc1. The van der Waals surface area contributed by atoms with Crippen molar-refractivity contribution in [3.05, 3.63) is 48.5 Å². The molecule has 1 heterocycles. The van der Waals surface area contributed by atoms with Gasteiger partial charge in [0.2, 0.25) is 9.84 Å². The molecule has 0 atom stereocenters. The van der Waals surface area contributed by atoms with Crippen molar-refractivity contribution in [1.29, 1.82) is 0 Å². The number of anilines is 2. The quantitative estimate of drug-likeness (QED) is 0.839. The van der Waals surface area contributed by atoms with Gasteiger partial charge in [0.1, 0.15) is 0 Å². The normalized spacial score (nSPS) is 15.7. The number of nitrogens with one attached hydrogen (secondary N) is 1. The number of hydrogen-bond acceptors (Lipinski definition) is 5. The average molecular weight is 317 g/mol. The van der Waals surface area contributed by atoms with Gasteiger partial charge in [-0.1, -0.05) is 18.2 Å². The Morgan fingerprint density at radius 2 is 1.68 bits per heavy atom. The van der Waals surface area contributed by atoms with E-state index in [9.17, 15) is 8.42 Å². The Hall–Kier alpha value is -2.05. The fraction of sp³-hybridized carbons (Fsp3) is 0.250. The Balaban J connectivity index is 1.95. The zero-order valence-electron chi connectivity index (χ0n) is 12.2. The zero-order chi connectivity index (χ0) is 15.6. The third kappa shape index (κ3) is 2.80. The van der Waals surface area contributed by atoms with Gasteiger partial charge in [0, 0.05) is 31.9 Å². The van der Waals surface area contributed by atoms with Crippen LogP contribution >= 0.6 is 0 Å². The minimum absolute atomic E-state index is 0.164. The number of hydrogen-bond donors (Lipinski definition) is 2. The van der Waals surface area contributed by atoms with Gasteiger partial charge in [0.05, 0.1) is 15.5 Å². The van der Waals surface area contributed by atoms with Crippen molar-refractivity contribution >= 4 is 21.2 Å². The predicted molar refractivity (Wildman–Crippen MR) is 87.8 cm³/mol. The molecule has 116 valence electrons. The number of benzene rings is 2. The van der Waals surface area contributed by atoms with Crippen LogP contribution in [0.5, 0.6) is 0 Å². The fourth-order valence-electron chi connectivity index (χ4n) is 2.63. The molecule has 0 spiro atoms. The van der Waals surface area contributed by atoms with E-state index in [4.69, 9.17) is 5.73 Å². The van der Waals surface area contributed by atoms with Gasteiger partial charge >= 0.3 is 0 Å². The van der Waals surface area contributed by atoms with Crippen molar-refractivity contribution < 1.29 is 8.42 Å². The van der Waals surface area contributed by atoms with Gasteiger partial charge in [-0.3, -0.25) is 0 Å². The summed E-state index contributed by atoms with van der Waals surface area (Å²) in [5.74, 6) is 0. The van der Waals surface area contributed by atoms with E-state index in [1.165, 1.54) is 0 Å². The lowest BCUT2D eigenvalue weighted by Gasteiger charge is -2.29. The van der Waals surface area contributed by atoms with Crippen molar-refractivity contribution in [2.24, 2.45) is 0 Å². The van der Waals surface area contributed by atoms with E-state index in [1.54, 1.807) is 42.5 Å². The van der Waals surface area contributed by atoms with E-state index in [0.717, 1.165) is 31.9 Å². The number of sulfone groups is 1. The van der Waals surface area contributed by atoms with E-state index in [2.05, 4.69) is 10.2 Å². The first-order valence-corrected chi connectivity index (χ1v) is 8.73. The van der Waals surface area contributed by atoms with Crippen LogP contribution in [0.4, 0.5) is 11.4 Å². The highest BCUT2D eigenvalue weighted by Crippen LogP contribution is 2.29. The van der Waals surface area contributed by atoms with Crippen LogP contribution in [0.2, 0.25) is 0 Å². The number of nitrogens with two attached hydrogens (primary N) is 1. The zero-order valence-corrected chi connectivity index (χ0v) is 13.0. The number of nitrogens with zero attached hydrogens (tertiary/aromatic N) is 1. The Morgan fingerprint density at radius 3 is 2.32 bits per heavy atom. The van der Waals surface area contributed by atoms with Crippen LogP contribution in [0.1, 0.15) is 0 Å². The van der Waals surface area contributed by atoms with E-state index in [0.29, 0.717) is 5.69 Å². The summed E-state index contributed by atoms with van der Waals surface area (Å²) >= 11 is 0. The van der Waals surface area contributed by atoms with E-state index in [1.807, 2.05) is 6.07 Å². The second kappa shape index (κ2) is 5.98. The van der Waals surface area contributed by atoms with Gasteiger partial charge in [-0.25, -0.2) is 8.42 Å². The minimum atomic E-state index is -3.57. The summed E-state index contributed by atoms with van der Waals surface area (Å²) in [4.78, 5) is 2.63. The van der Waals surface area contributed by atoms with Crippen LogP contribution < -0.4 is 16.0 Å². The largest absolute Gasteiger partial charge is 0.398 e. The smallest absolute Gasteiger partial charge is 0.208 e. The summed E-state index contributed by atoms with van der Waals surface area (Å²) in [6.45, 7) is 3.63. The van der Waals surface area contributed by atoms with Gasteiger partial charge in [-0.05, 0) is 30.3 Å². The first-order valence-electron chi connectivity index (χ1n) is 7.24. The Morgan fingerprint density at radius 1 is 1.00 bits per heavy atom. The molecule has 2 aromatic rings. The van der Waals surface area contributed by atoms with Crippen LogP contribution in [0.15, 0.2) is 58.3 Å². The average Bonchev–Trinajstić information content (AvgIpc) is 2.56. The van der Waals surface area contributed by atoms with Crippen molar-refractivity contribution in [2.45, 2.75) is 9.79 Å². The topological polar surface area (TPSA) is 75.4 Å². The molecule has 22 heavy (non-hydrogen) atoms. The summed E-state index contributed by atoms with van der Waals surface area (Å²) in [5, 5.41) is 3.29. The third-order valence-corrected chi connectivity index (χ3v) is 5.66. The molecule has 0 unspecified atom stereocenters. The van der Waals surface area contributed by atoms with Crippen LogP contribution in [-0.2, 0) is 9.84 Å². The molecule has 0 aromatic heterocycles. The fourth-order valence-corrected chi connectivity index (χ4v) is 4.01. The lowest BCUT2D eigenvalue weighted by molar-refractivity contribution is 0.588. The number of nitrogen functional groups attached to an aromatic ring is 1. The van der Waals surface area contributed by atoms with Crippen molar-refractivity contribution in [3.8, 4) is 0 Å². The predicted octanol–water partition coefficient (Wildman–Crippen LogP) is 1.51. The molecule has 1 aliphatic heterocycles. The van der Waals surface area contributed by atoms with Crippen LogP contribution in [0.25, 0.3) is 0 Å². The number of rotatable bonds is 3. The molecule has 0 bridgehead atoms. The second-order valence-electron chi connectivity index (χ2n) is 5.28. The molecule has 0 amide bonds. The van der Waals surface area contributed by atoms with Gasteiger partial charge in [-0.2, -0.15) is 0 Å². The maximum absolute atomic E-state index is 12.6. The molecule has 0 radical (unpaired) electrons. The first-order chi connectivity index (χ1) is 10.6. The highest BCUT2D eigenvalue weighted by Gasteiger charge is 2.21. The van der Waals surface area contributed by atoms with E-state index >= 15 is 0 Å². The Labute approximate surface area is 130 Å². The standard InChI is InChI=1S/C16H19N3O2S/c17-15-12-13(19-10-8-18-9-11-19)6-7-16(15)22(20,21)14-4-2-1-3-5-14/h1-7,12,18H,8-11,17H2. The van der Waals surface area contributed by atoms with E-state index < -0.39 is 9.84 Å².